The summed E-state index contributed by atoms with van der Waals surface area (Å²) in [4.78, 5) is 48.2. The number of carboxylic acid groups (broad SMARTS) is 1. The van der Waals surface area contributed by atoms with Crippen molar-refractivity contribution in [2.75, 3.05) is 13.2 Å². The molecule has 1 aliphatic heterocycles. The van der Waals surface area contributed by atoms with Crippen LogP contribution in [0.5, 0.6) is 0 Å². The predicted octanol–water partition coefficient (Wildman–Crippen LogP) is 2.33. The highest BCUT2D eigenvalue weighted by Gasteiger charge is 2.36. The normalized spacial score (nSPS) is 15.7. The van der Waals surface area contributed by atoms with Gasteiger partial charge in [0, 0.05) is 22.7 Å². The molecule has 0 radical (unpaired) electrons. The maximum Gasteiger partial charge on any atom is 0.326 e. The van der Waals surface area contributed by atoms with Crippen molar-refractivity contribution in [2.45, 2.75) is 13.5 Å². The fourth-order valence-electron chi connectivity index (χ4n) is 2.78. The largest absolute Gasteiger partial charge is 0.480 e. The van der Waals surface area contributed by atoms with Crippen molar-refractivity contribution in [3.63, 3.8) is 0 Å². The molecule has 1 N–H and O–H groups in total. The van der Waals surface area contributed by atoms with Crippen molar-refractivity contribution < 1.29 is 29.0 Å². The lowest BCUT2D eigenvalue weighted by Crippen LogP contribution is -2.34. The number of hydrogen-bond donors (Lipinski definition) is 1. The van der Waals surface area contributed by atoms with Gasteiger partial charge in [0.25, 0.3) is 11.1 Å². The number of esters is 1. The Kier molecular flexibility index (Phi) is 5.31. The molecule has 0 spiro atoms. The number of nitrogens with zero attached hydrogens (tertiary/aromatic N) is 2. The van der Waals surface area contributed by atoms with Gasteiger partial charge in [0.15, 0.2) is 0 Å². The molecule has 1 aliphatic rings. The molecule has 0 saturated carbocycles. The van der Waals surface area contributed by atoms with Gasteiger partial charge in [0.1, 0.15) is 13.1 Å². The van der Waals surface area contributed by atoms with Crippen LogP contribution < -0.4 is 0 Å². The fraction of sp³-hybridized carbons (Fsp3) is 0.222. The summed E-state index contributed by atoms with van der Waals surface area (Å²) in [5.74, 6) is -2.22. The molecule has 2 amide bonds. The first-order valence-electron chi connectivity index (χ1n) is 8.11. The quantitative estimate of drug-likeness (QED) is 0.598. The molecule has 27 heavy (non-hydrogen) atoms. The van der Waals surface area contributed by atoms with Crippen LogP contribution in [0.2, 0.25) is 0 Å². The average molecular weight is 388 g/mol. The number of amides is 2. The zero-order valence-electron chi connectivity index (χ0n) is 14.4. The van der Waals surface area contributed by atoms with Crippen LogP contribution in [0.3, 0.4) is 0 Å². The standard InChI is InChI=1S/C18H16N2O6S/c1-2-26-16(23)10-20-17(24)14(27-18(20)25)7-11-8-19(9-15(21)22)13-6-4-3-5-12(11)13/h3-8H,2,9-10H2,1H3,(H,21,22)/b14-7+. The summed E-state index contributed by atoms with van der Waals surface area (Å²) in [6.45, 7) is 1.14. The number of ether oxygens (including phenoxy) is 1. The van der Waals surface area contributed by atoms with Gasteiger partial charge in [-0.3, -0.25) is 24.1 Å². The Morgan fingerprint density at radius 3 is 2.67 bits per heavy atom. The summed E-state index contributed by atoms with van der Waals surface area (Å²) in [5.41, 5.74) is 1.32. The predicted molar refractivity (Wildman–Crippen MR) is 98.9 cm³/mol. The van der Waals surface area contributed by atoms with Crippen LogP contribution in [0.25, 0.3) is 17.0 Å². The molecule has 2 aromatic rings. The number of carbonyl (C=O) groups is 4. The number of fused-ring (bicyclic) bond motifs is 1. The van der Waals surface area contributed by atoms with Crippen molar-refractivity contribution in [1.82, 2.24) is 9.47 Å². The third kappa shape index (κ3) is 3.87. The van der Waals surface area contributed by atoms with E-state index in [9.17, 15) is 19.2 Å². The van der Waals surface area contributed by atoms with Gasteiger partial charge in [-0.25, -0.2) is 0 Å². The third-order valence-electron chi connectivity index (χ3n) is 3.88. The molecular formula is C18H16N2O6S. The highest BCUT2D eigenvalue weighted by Crippen LogP contribution is 2.34. The number of hydrogen-bond acceptors (Lipinski definition) is 6. The summed E-state index contributed by atoms with van der Waals surface area (Å²) < 4.78 is 6.34. The Morgan fingerprint density at radius 1 is 1.22 bits per heavy atom. The molecule has 9 heteroatoms. The summed E-state index contributed by atoms with van der Waals surface area (Å²) in [6.07, 6.45) is 3.16. The molecular weight excluding hydrogens is 372 g/mol. The lowest BCUT2D eigenvalue weighted by Gasteiger charge is -2.10. The maximum atomic E-state index is 12.5. The first-order valence-corrected chi connectivity index (χ1v) is 8.93. The molecule has 8 nitrogen and oxygen atoms in total. The van der Waals surface area contributed by atoms with Crippen LogP contribution in [0.15, 0.2) is 35.4 Å². The lowest BCUT2D eigenvalue weighted by molar-refractivity contribution is -0.146. The molecule has 1 saturated heterocycles. The first-order chi connectivity index (χ1) is 12.9. The van der Waals surface area contributed by atoms with Gasteiger partial charge in [-0.05, 0) is 30.8 Å². The van der Waals surface area contributed by atoms with E-state index in [0.29, 0.717) is 11.1 Å². The number of imide groups is 1. The van der Waals surface area contributed by atoms with E-state index >= 15 is 0 Å². The Morgan fingerprint density at radius 2 is 1.96 bits per heavy atom. The number of carbonyl (C=O) groups excluding carboxylic acids is 3. The summed E-state index contributed by atoms with van der Waals surface area (Å²) >= 11 is 0.734. The van der Waals surface area contributed by atoms with Crippen LogP contribution in [-0.2, 0) is 25.7 Å². The molecule has 1 aromatic heterocycles. The molecule has 1 aromatic carbocycles. The first kappa shape index (κ1) is 18.7. The number of rotatable bonds is 6. The van der Waals surface area contributed by atoms with Crippen molar-refractivity contribution in [3.05, 3.63) is 40.9 Å². The second kappa shape index (κ2) is 7.67. The number of carboxylic acids is 1. The molecule has 3 rings (SSSR count). The van der Waals surface area contributed by atoms with Gasteiger partial charge in [0.05, 0.1) is 11.5 Å². The van der Waals surface area contributed by atoms with Gasteiger partial charge in [-0.1, -0.05) is 18.2 Å². The molecule has 0 unspecified atom stereocenters. The van der Waals surface area contributed by atoms with E-state index in [1.54, 1.807) is 35.9 Å². The van der Waals surface area contributed by atoms with Crippen LogP contribution >= 0.6 is 11.8 Å². The van der Waals surface area contributed by atoms with Crippen LogP contribution in [0.4, 0.5) is 4.79 Å². The minimum absolute atomic E-state index is 0.161. The third-order valence-corrected chi connectivity index (χ3v) is 4.79. The Labute approximate surface area is 158 Å². The fourth-order valence-corrected chi connectivity index (χ4v) is 3.61. The smallest absolute Gasteiger partial charge is 0.326 e. The van der Waals surface area contributed by atoms with Crippen molar-refractivity contribution >= 4 is 51.8 Å². The topological polar surface area (TPSA) is 106 Å². The minimum Gasteiger partial charge on any atom is -0.480 e. The van der Waals surface area contributed by atoms with Gasteiger partial charge >= 0.3 is 11.9 Å². The van der Waals surface area contributed by atoms with E-state index in [0.717, 1.165) is 22.0 Å². The highest BCUT2D eigenvalue weighted by atomic mass is 32.2. The minimum atomic E-state index is -0.989. The maximum absolute atomic E-state index is 12.5. The number of aliphatic carboxylic acids is 1. The SMILES string of the molecule is CCOC(=O)CN1C(=O)S/C(=C/c2cn(CC(=O)O)c3ccccc23)C1=O. The monoisotopic (exact) mass is 388 g/mol. The second-order valence-electron chi connectivity index (χ2n) is 5.70. The number of benzene rings is 1. The van der Waals surface area contributed by atoms with E-state index in [2.05, 4.69) is 0 Å². The van der Waals surface area contributed by atoms with Crippen molar-refractivity contribution in [1.29, 1.82) is 0 Å². The lowest BCUT2D eigenvalue weighted by atomic mass is 10.1. The molecule has 140 valence electrons. The zero-order valence-corrected chi connectivity index (χ0v) is 15.2. The molecule has 2 heterocycles. The molecule has 1 fully saturated rings. The van der Waals surface area contributed by atoms with Crippen LogP contribution in [0.1, 0.15) is 12.5 Å². The van der Waals surface area contributed by atoms with Gasteiger partial charge in [0.2, 0.25) is 0 Å². The van der Waals surface area contributed by atoms with Crippen LogP contribution in [0, 0.1) is 0 Å². The van der Waals surface area contributed by atoms with Gasteiger partial charge in [-0.15, -0.1) is 0 Å². The van der Waals surface area contributed by atoms with E-state index in [1.807, 2.05) is 6.07 Å². The van der Waals surface area contributed by atoms with Crippen molar-refractivity contribution in [2.24, 2.45) is 0 Å². The molecule has 0 bridgehead atoms. The molecule has 0 aliphatic carbocycles. The second-order valence-corrected chi connectivity index (χ2v) is 6.69. The average Bonchev–Trinajstić information content (AvgIpc) is 3.08. The Hall–Kier alpha value is -3.07. The Bertz CT molecular complexity index is 977. The van der Waals surface area contributed by atoms with Crippen LogP contribution in [-0.4, -0.2) is 50.8 Å². The van der Waals surface area contributed by atoms with E-state index in [1.165, 1.54) is 6.08 Å². The van der Waals surface area contributed by atoms with E-state index in [-0.39, 0.29) is 18.1 Å². The summed E-state index contributed by atoms with van der Waals surface area (Å²) in [7, 11) is 0. The Balaban J connectivity index is 1.93. The number of aromatic nitrogens is 1. The van der Waals surface area contributed by atoms with Crippen molar-refractivity contribution in [3.8, 4) is 0 Å². The van der Waals surface area contributed by atoms with Gasteiger partial charge in [-0.2, -0.15) is 0 Å². The molecule has 0 atom stereocenters. The van der Waals surface area contributed by atoms with Gasteiger partial charge < -0.3 is 14.4 Å². The summed E-state index contributed by atoms with van der Waals surface area (Å²) in [6, 6.07) is 7.18. The van der Waals surface area contributed by atoms with E-state index in [4.69, 9.17) is 9.84 Å². The highest BCUT2D eigenvalue weighted by molar-refractivity contribution is 8.18. The number of thioether (sulfide) groups is 1. The zero-order chi connectivity index (χ0) is 19.6. The summed E-state index contributed by atoms with van der Waals surface area (Å²) in [5, 5.41) is 9.28. The van der Waals surface area contributed by atoms with E-state index < -0.39 is 29.6 Å². The number of para-hydroxylation sites is 1.